The molecule has 0 saturated heterocycles. The van der Waals surface area contributed by atoms with Gasteiger partial charge in [-0.15, -0.1) is 0 Å². The van der Waals surface area contributed by atoms with Crippen LogP contribution in [0.15, 0.2) is 12.2 Å². The third-order valence-corrected chi connectivity index (χ3v) is 3.15. The molecule has 0 aromatic rings. The van der Waals surface area contributed by atoms with E-state index in [0.29, 0.717) is 6.42 Å². The first kappa shape index (κ1) is 8.29. The molecule has 1 fully saturated rings. The second kappa shape index (κ2) is 2.34. The zero-order valence-electron chi connectivity index (χ0n) is 6.93. The Morgan fingerprint density at radius 2 is 1.85 bits per heavy atom. The fraction of sp³-hybridized carbons (Fsp3) is 0.556. The molecule has 1 saturated carbocycles. The Morgan fingerprint density at radius 1 is 1.23 bits per heavy atom. The number of carboxylic acid groups (broad SMARTS) is 2. The van der Waals surface area contributed by atoms with Crippen LogP contribution in [0.25, 0.3) is 0 Å². The van der Waals surface area contributed by atoms with Crippen molar-refractivity contribution in [1.82, 2.24) is 0 Å². The average Bonchev–Trinajstić information content (AvgIpc) is 2.61. The second-order valence-electron chi connectivity index (χ2n) is 3.77. The fourth-order valence-corrected chi connectivity index (χ4v) is 2.44. The van der Waals surface area contributed by atoms with Crippen molar-refractivity contribution in [3.63, 3.8) is 0 Å². The zero-order chi connectivity index (χ0) is 9.64. The van der Waals surface area contributed by atoms with Crippen molar-refractivity contribution in [2.24, 2.45) is 17.3 Å². The van der Waals surface area contributed by atoms with E-state index in [1.807, 2.05) is 6.08 Å². The highest BCUT2D eigenvalue weighted by Crippen LogP contribution is 2.52. The van der Waals surface area contributed by atoms with Gasteiger partial charge in [-0.2, -0.15) is 0 Å². The molecule has 70 valence electrons. The summed E-state index contributed by atoms with van der Waals surface area (Å²) < 4.78 is 0. The Morgan fingerprint density at radius 3 is 2.08 bits per heavy atom. The Labute approximate surface area is 74.9 Å². The van der Waals surface area contributed by atoms with E-state index >= 15 is 0 Å². The van der Waals surface area contributed by atoms with Gasteiger partial charge >= 0.3 is 11.9 Å². The molecule has 0 spiro atoms. The van der Waals surface area contributed by atoms with Crippen molar-refractivity contribution in [2.45, 2.75) is 12.8 Å². The van der Waals surface area contributed by atoms with E-state index in [1.165, 1.54) is 0 Å². The van der Waals surface area contributed by atoms with Gasteiger partial charge in [-0.25, -0.2) is 0 Å². The summed E-state index contributed by atoms with van der Waals surface area (Å²) >= 11 is 0. The number of aliphatic carboxylic acids is 2. The van der Waals surface area contributed by atoms with Crippen LogP contribution in [0.4, 0.5) is 0 Å². The summed E-state index contributed by atoms with van der Waals surface area (Å²) in [5, 5.41) is 17.9. The molecule has 4 nitrogen and oxygen atoms in total. The van der Waals surface area contributed by atoms with Gasteiger partial charge < -0.3 is 10.2 Å². The molecular formula is C9H10O4. The number of carboxylic acids is 2. The van der Waals surface area contributed by atoms with Crippen molar-refractivity contribution < 1.29 is 19.8 Å². The third kappa shape index (κ3) is 0.855. The predicted molar refractivity (Wildman–Crippen MR) is 43.1 cm³/mol. The van der Waals surface area contributed by atoms with Gasteiger partial charge in [0.05, 0.1) is 0 Å². The van der Waals surface area contributed by atoms with Crippen LogP contribution >= 0.6 is 0 Å². The first-order chi connectivity index (χ1) is 6.07. The van der Waals surface area contributed by atoms with Gasteiger partial charge in [-0.3, -0.25) is 9.59 Å². The van der Waals surface area contributed by atoms with Crippen molar-refractivity contribution in [2.75, 3.05) is 0 Å². The summed E-state index contributed by atoms with van der Waals surface area (Å²) in [5.41, 5.74) is -1.54. The maximum atomic E-state index is 10.9. The van der Waals surface area contributed by atoms with Crippen LogP contribution in [0.1, 0.15) is 12.8 Å². The number of hydrogen-bond acceptors (Lipinski definition) is 2. The second-order valence-corrected chi connectivity index (χ2v) is 3.77. The lowest BCUT2D eigenvalue weighted by molar-refractivity contribution is -0.166. The lowest BCUT2D eigenvalue weighted by atomic mass is 9.76. The molecule has 13 heavy (non-hydrogen) atoms. The van der Waals surface area contributed by atoms with E-state index < -0.39 is 17.4 Å². The molecule has 0 aliphatic heterocycles. The molecule has 0 heterocycles. The van der Waals surface area contributed by atoms with Gasteiger partial charge in [0.1, 0.15) is 0 Å². The third-order valence-electron chi connectivity index (χ3n) is 3.15. The molecule has 0 amide bonds. The minimum atomic E-state index is -1.54. The van der Waals surface area contributed by atoms with Crippen molar-refractivity contribution in [3.05, 3.63) is 12.2 Å². The maximum absolute atomic E-state index is 10.9. The van der Waals surface area contributed by atoms with Crippen LogP contribution in [0.2, 0.25) is 0 Å². The average molecular weight is 182 g/mol. The first-order valence-electron chi connectivity index (χ1n) is 4.22. The van der Waals surface area contributed by atoms with E-state index in [9.17, 15) is 9.59 Å². The summed E-state index contributed by atoms with van der Waals surface area (Å²) in [5.74, 6) is -2.56. The summed E-state index contributed by atoms with van der Waals surface area (Å²) in [6.07, 6.45) is 4.59. The van der Waals surface area contributed by atoms with Crippen LogP contribution < -0.4 is 0 Å². The molecule has 2 aliphatic carbocycles. The normalized spacial score (nSPS) is 33.5. The zero-order valence-corrected chi connectivity index (χ0v) is 6.93. The number of rotatable bonds is 2. The van der Waals surface area contributed by atoms with Gasteiger partial charge in [0.25, 0.3) is 0 Å². The molecule has 0 radical (unpaired) electrons. The Balaban J connectivity index is 2.42. The van der Waals surface area contributed by atoms with E-state index in [1.54, 1.807) is 6.08 Å². The van der Waals surface area contributed by atoms with Gasteiger partial charge in [-0.05, 0) is 18.8 Å². The molecule has 2 N–H and O–H groups in total. The fourth-order valence-electron chi connectivity index (χ4n) is 2.44. The quantitative estimate of drug-likeness (QED) is 0.488. The summed E-state index contributed by atoms with van der Waals surface area (Å²) in [4.78, 5) is 21.9. The van der Waals surface area contributed by atoms with Crippen LogP contribution in [0.3, 0.4) is 0 Å². The minimum absolute atomic E-state index is 0.150. The van der Waals surface area contributed by atoms with Gasteiger partial charge in [0.15, 0.2) is 5.41 Å². The number of fused-ring (bicyclic) bond motifs is 2. The van der Waals surface area contributed by atoms with Gasteiger partial charge in [-0.1, -0.05) is 12.2 Å². The summed E-state index contributed by atoms with van der Waals surface area (Å²) in [6.45, 7) is 0. The van der Waals surface area contributed by atoms with E-state index in [4.69, 9.17) is 10.2 Å². The van der Waals surface area contributed by atoms with Crippen molar-refractivity contribution >= 4 is 11.9 Å². The highest BCUT2D eigenvalue weighted by molar-refractivity contribution is 5.99. The number of allylic oxidation sites excluding steroid dienone is 2. The standard InChI is InChI=1S/C9H10O4/c10-7(11)9(8(12)13)4-5-1-2-6(9)3-5/h1-2,5-6H,3-4H2,(H,10,11)(H,12,13)/t5-,6+/m1/s1. The molecule has 2 bridgehead atoms. The lowest BCUT2D eigenvalue weighted by Crippen LogP contribution is -2.42. The van der Waals surface area contributed by atoms with Crippen LogP contribution in [0, 0.1) is 17.3 Å². The number of carbonyl (C=O) groups is 2. The molecule has 2 atom stereocenters. The Kier molecular flexibility index (Phi) is 1.49. The molecule has 0 unspecified atom stereocenters. The minimum Gasteiger partial charge on any atom is -0.480 e. The van der Waals surface area contributed by atoms with Crippen LogP contribution in [-0.4, -0.2) is 22.2 Å². The SMILES string of the molecule is O=C(O)C1(C(=O)O)C[C@@H]2C=C[C@H]1C2. The molecule has 0 aromatic heterocycles. The van der Waals surface area contributed by atoms with Crippen molar-refractivity contribution in [1.29, 1.82) is 0 Å². The monoisotopic (exact) mass is 182 g/mol. The Bertz CT molecular complexity index is 291. The van der Waals surface area contributed by atoms with Gasteiger partial charge in [0.2, 0.25) is 0 Å². The topological polar surface area (TPSA) is 74.6 Å². The van der Waals surface area contributed by atoms with Crippen LogP contribution in [-0.2, 0) is 9.59 Å². The highest BCUT2D eigenvalue weighted by atomic mass is 16.4. The Hall–Kier alpha value is -1.32. The largest absolute Gasteiger partial charge is 0.480 e. The lowest BCUT2D eigenvalue weighted by Gasteiger charge is -2.25. The molecular weight excluding hydrogens is 172 g/mol. The molecule has 2 aliphatic rings. The molecule has 2 rings (SSSR count). The van der Waals surface area contributed by atoms with Crippen molar-refractivity contribution in [3.8, 4) is 0 Å². The predicted octanol–water partition coefficient (Wildman–Crippen LogP) is 0.738. The van der Waals surface area contributed by atoms with E-state index in [2.05, 4.69) is 0 Å². The van der Waals surface area contributed by atoms with Crippen LogP contribution in [0.5, 0.6) is 0 Å². The summed E-state index contributed by atoms with van der Waals surface area (Å²) in [7, 11) is 0. The van der Waals surface area contributed by atoms with Gasteiger partial charge in [0, 0.05) is 5.92 Å². The highest BCUT2D eigenvalue weighted by Gasteiger charge is 2.59. The first-order valence-corrected chi connectivity index (χ1v) is 4.22. The maximum Gasteiger partial charge on any atom is 0.321 e. The molecule has 4 heteroatoms. The van der Waals surface area contributed by atoms with E-state index in [-0.39, 0.29) is 18.3 Å². The molecule has 0 aromatic carbocycles. The summed E-state index contributed by atoms with van der Waals surface area (Å²) in [6, 6.07) is 0. The number of hydrogen-bond donors (Lipinski definition) is 2. The van der Waals surface area contributed by atoms with E-state index in [0.717, 1.165) is 0 Å². The smallest absolute Gasteiger partial charge is 0.321 e.